The van der Waals surface area contributed by atoms with Crippen molar-refractivity contribution in [2.75, 3.05) is 5.73 Å². The topological polar surface area (TPSA) is 116 Å². The molecule has 0 bridgehead atoms. The molecular formula is C29H31N9. The number of rotatable bonds is 7. The van der Waals surface area contributed by atoms with Gasteiger partial charge in [-0.05, 0) is 44.2 Å². The molecule has 0 radical (unpaired) electrons. The number of fused-ring (bicyclic) bond motifs is 1. The number of aliphatic imine (C=N–C) groups is 1. The van der Waals surface area contributed by atoms with Crippen molar-refractivity contribution >= 4 is 28.8 Å². The Morgan fingerprint density at radius 3 is 2.63 bits per heavy atom. The van der Waals surface area contributed by atoms with Gasteiger partial charge in [-0.3, -0.25) is 9.78 Å². The van der Waals surface area contributed by atoms with Crippen molar-refractivity contribution < 1.29 is 0 Å². The highest BCUT2D eigenvalue weighted by Gasteiger charge is 2.35. The van der Waals surface area contributed by atoms with E-state index in [9.17, 15) is 0 Å². The quantitative estimate of drug-likeness (QED) is 0.227. The van der Waals surface area contributed by atoms with E-state index in [-0.39, 0.29) is 0 Å². The number of pyridine rings is 1. The third-order valence-electron chi connectivity index (χ3n) is 7.67. The molecule has 9 nitrogen and oxygen atoms in total. The van der Waals surface area contributed by atoms with Gasteiger partial charge in [-0.1, -0.05) is 19.1 Å². The van der Waals surface area contributed by atoms with Crippen LogP contribution < -0.4 is 5.73 Å². The third kappa shape index (κ3) is 3.89. The zero-order chi connectivity index (χ0) is 26.0. The summed E-state index contributed by atoms with van der Waals surface area (Å²) in [5.74, 6) is 2.55. The molecule has 0 saturated heterocycles. The molecule has 9 heteroatoms. The van der Waals surface area contributed by atoms with Crippen molar-refractivity contribution in [1.29, 1.82) is 0 Å². The molecule has 0 spiro atoms. The number of hydrogen-bond acceptors (Lipinski definition) is 6. The number of hydrogen-bond donors (Lipinski definition) is 2. The van der Waals surface area contributed by atoms with E-state index in [2.05, 4.69) is 51.0 Å². The number of anilines is 1. The molecule has 4 heterocycles. The van der Waals surface area contributed by atoms with Gasteiger partial charge in [0, 0.05) is 83.6 Å². The number of aryl methyl sites for hydroxylation is 2. The first-order valence-corrected chi connectivity index (χ1v) is 13.4. The van der Waals surface area contributed by atoms with Crippen LogP contribution in [0.5, 0.6) is 0 Å². The van der Waals surface area contributed by atoms with E-state index in [0.717, 1.165) is 69.9 Å². The summed E-state index contributed by atoms with van der Waals surface area (Å²) in [6.45, 7) is 2.09. The third-order valence-corrected chi connectivity index (χ3v) is 7.67. The van der Waals surface area contributed by atoms with Crippen LogP contribution >= 0.6 is 0 Å². The van der Waals surface area contributed by atoms with E-state index >= 15 is 0 Å². The van der Waals surface area contributed by atoms with Gasteiger partial charge in [-0.2, -0.15) is 10.2 Å². The van der Waals surface area contributed by atoms with Gasteiger partial charge >= 0.3 is 0 Å². The number of H-pyrrole nitrogens is 1. The van der Waals surface area contributed by atoms with Gasteiger partial charge < -0.3 is 10.3 Å². The Balaban J connectivity index is 1.39. The van der Waals surface area contributed by atoms with Crippen molar-refractivity contribution in [2.45, 2.75) is 50.9 Å². The molecule has 5 aromatic rings. The van der Waals surface area contributed by atoms with E-state index in [1.54, 1.807) is 0 Å². The Hall–Kier alpha value is -4.27. The molecule has 2 fully saturated rings. The van der Waals surface area contributed by atoms with E-state index < -0.39 is 0 Å². The normalized spacial score (nSPS) is 15.8. The minimum absolute atomic E-state index is 0.470. The van der Waals surface area contributed by atoms with Crippen LogP contribution in [0.4, 0.5) is 11.5 Å². The summed E-state index contributed by atoms with van der Waals surface area (Å²) in [5, 5.41) is 12.9. The van der Waals surface area contributed by atoms with Crippen molar-refractivity contribution in [2.24, 2.45) is 19.1 Å². The molecule has 0 unspecified atom stereocenters. The molecule has 1 aromatic carbocycles. The van der Waals surface area contributed by atoms with Gasteiger partial charge in [0.15, 0.2) is 11.5 Å². The summed E-state index contributed by atoms with van der Waals surface area (Å²) in [7, 11) is 4.08. The van der Waals surface area contributed by atoms with Crippen molar-refractivity contribution in [3.05, 3.63) is 59.2 Å². The standard InChI is InChI=1S/C29H31N9/c1-4-19-13-24(35-34-19)31-14-22-20(6-5-7-23(22)30)26-27(17-10-11-17)38(3)29(33-26)21-12-18-15-37(2)36-28(18)32-25(21)16-8-9-16/h5-7,12-17H,4,8-11,30H2,1-3H3,(H,34,35). The minimum Gasteiger partial charge on any atom is -0.398 e. The summed E-state index contributed by atoms with van der Waals surface area (Å²) in [6.07, 6.45) is 9.39. The fourth-order valence-corrected chi connectivity index (χ4v) is 5.37. The number of benzene rings is 1. The van der Waals surface area contributed by atoms with Crippen LogP contribution in [-0.2, 0) is 20.5 Å². The largest absolute Gasteiger partial charge is 0.398 e. The van der Waals surface area contributed by atoms with Gasteiger partial charge in [0.1, 0.15) is 5.82 Å². The van der Waals surface area contributed by atoms with Crippen LogP contribution in [0.25, 0.3) is 33.7 Å². The number of imidazole rings is 1. The maximum Gasteiger partial charge on any atom is 0.181 e. The van der Waals surface area contributed by atoms with Crippen molar-refractivity contribution in [3.63, 3.8) is 0 Å². The lowest BCUT2D eigenvalue weighted by Crippen LogP contribution is -2.02. The molecule has 4 aromatic heterocycles. The number of nitrogens with two attached hydrogens (primary N) is 1. The minimum atomic E-state index is 0.470. The average Bonchev–Trinajstić information content (AvgIpc) is 3.82. The molecule has 0 atom stereocenters. The van der Waals surface area contributed by atoms with Gasteiger partial charge in [0.25, 0.3) is 0 Å². The average molecular weight is 506 g/mol. The van der Waals surface area contributed by atoms with Crippen LogP contribution in [0.15, 0.2) is 41.5 Å². The van der Waals surface area contributed by atoms with Gasteiger partial charge in [-0.15, -0.1) is 0 Å². The molecule has 2 saturated carbocycles. The Morgan fingerprint density at radius 2 is 1.89 bits per heavy atom. The first-order valence-electron chi connectivity index (χ1n) is 13.4. The zero-order valence-electron chi connectivity index (χ0n) is 21.9. The van der Waals surface area contributed by atoms with Gasteiger partial charge in [0.05, 0.1) is 11.4 Å². The molecule has 3 N–H and O–H groups in total. The summed E-state index contributed by atoms with van der Waals surface area (Å²) in [6, 6.07) is 10.2. The Morgan fingerprint density at radius 1 is 1.08 bits per heavy atom. The summed E-state index contributed by atoms with van der Waals surface area (Å²) in [5.41, 5.74) is 15.3. The van der Waals surface area contributed by atoms with Crippen LogP contribution in [0, 0.1) is 0 Å². The number of nitrogen functional groups attached to an aromatic ring is 1. The lowest BCUT2D eigenvalue weighted by Gasteiger charge is -2.10. The van der Waals surface area contributed by atoms with Gasteiger partial charge in [0.2, 0.25) is 0 Å². The van der Waals surface area contributed by atoms with E-state index in [0.29, 0.717) is 23.3 Å². The number of aromatic amines is 1. The van der Waals surface area contributed by atoms with Crippen LogP contribution in [-0.4, -0.2) is 40.7 Å². The molecule has 2 aliphatic carbocycles. The fraction of sp³-hybridized carbons (Fsp3) is 0.345. The Labute approximate surface area is 220 Å². The first kappa shape index (κ1) is 22.9. The predicted molar refractivity (Wildman–Crippen MR) is 150 cm³/mol. The molecule has 2 aliphatic rings. The predicted octanol–water partition coefficient (Wildman–Crippen LogP) is 5.41. The Bertz CT molecular complexity index is 1710. The highest BCUT2D eigenvalue weighted by molar-refractivity contribution is 5.97. The SMILES string of the molecule is CCc1cc(N=Cc2c(N)cccc2-c2nc(-c3cc4cn(C)nc4nc3C3CC3)n(C)c2C2CC2)n[nH]1. The van der Waals surface area contributed by atoms with Crippen molar-refractivity contribution in [3.8, 4) is 22.6 Å². The maximum atomic E-state index is 6.52. The molecule has 0 amide bonds. The molecule has 0 aliphatic heterocycles. The van der Waals surface area contributed by atoms with Crippen molar-refractivity contribution in [1.82, 2.24) is 34.5 Å². The number of aromatic nitrogens is 7. The molecule has 192 valence electrons. The van der Waals surface area contributed by atoms with Gasteiger partial charge in [-0.25, -0.2) is 15.0 Å². The second-order valence-electron chi connectivity index (χ2n) is 10.6. The zero-order valence-corrected chi connectivity index (χ0v) is 21.9. The summed E-state index contributed by atoms with van der Waals surface area (Å²) < 4.78 is 4.11. The second kappa shape index (κ2) is 8.65. The smallest absolute Gasteiger partial charge is 0.181 e. The number of nitrogens with one attached hydrogen (secondary N) is 1. The highest BCUT2D eigenvalue weighted by atomic mass is 15.3. The second-order valence-corrected chi connectivity index (χ2v) is 10.6. The lowest BCUT2D eigenvalue weighted by molar-refractivity contribution is 0.774. The lowest BCUT2D eigenvalue weighted by atomic mass is 10.0. The Kier molecular flexibility index (Phi) is 5.21. The summed E-state index contributed by atoms with van der Waals surface area (Å²) >= 11 is 0. The summed E-state index contributed by atoms with van der Waals surface area (Å²) in [4.78, 5) is 15.0. The van der Waals surface area contributed by atoms with E-state index in [4.69, 9.17) is 15.7 Å². The first-order chi connectivity index (χ1) is 18.5. The van der Waals surface area contributed by atoms with E-state index in [1.165, 1.54) is 18.5 Å². The maximum absolute atomic E-state index is 6.52. The van der Waals surface area contributed by atoms with Crippen LogP contribution in [0.2, 0.25) is 0 Å². The number of nitrogens with zero attached hydrogens (tertiary/aromatic N) is 7. The van der Waals surface area contributed by atoms with Crippen LogP contribution in [0.3, 0.4) is 0 Å². The molecular weight excluding hydrogens is 474 g/mol. The van der Waals surface area contributed by atoms with E-state index in [1.807, 2.05) is 42.3 Å². The monoisotopic (exact) mass is 505 g/mol. The molecule has 7 rings (SSSR count). The fourth-order valence-electron chi connectivity index (χ4n) is 5.37. The molecule has 38 heavy (non-hydrogen) atoms. The highest BCUT2D eigenvalue weighted by Crippen LogP contribution is 2.48. The van der Waals surface area contributed by atoms with Crippen LogP contribution in [0.1, 0.15) is 67.1 Å².